The van der Waals surface area contributed by atoms with Gasteiger partial charge in [-0.1, -0.05) is 115 Å². The van der Waals surface area contributed by atoms with Gasteiger partial charge in [0.2, 0.25) is 0 Å². The third-order valence-corrected chi connectivity index (χ3v) is 8.50. The van der Waals surface area contributed by atoms with Crippen LogP contribution in [0.25, 0.3) is 77.1 Å². The van der Waals surface area contributed by atoms with Crippen molar-refractivity contribution in [1.29, 1.82) is 0 Å². The molecule has 196 valence electrons. The van der Waals surface area contributed by atoms with Crippen LogP contribution in [0.3, 0.4) is 0 Å². The molecular formula is C39H25N3. The number of aromatic nitrogens is 3. The van der Waals surface area contributed by atoms with Crippen LogP contribution in [0.1, 0.15) is 0 Å². The molecule has 0 bridgehead atoms. The van der Waals surface area contributed by atoms with Gasteiger partial charge in [0.15, 0.2) is 0 Å². The van der Waals surface area contributed by atoms with Crippen molar-refractivity contribution in [3.63, 3.8) is 0 Å². The Morgan fingerprint density at radius 3 is 1.62 bits per heavy atom. The molecule has 0 radical (unpaired) electrons. The highest BCUT2D eigenvalue weighted by molar-refractivity contribution is 6.23. The minimum absolute atomic E-state index is 0.913. The predicted molar refractivity (Wildman–Crippen MR) is 176 cm³/mol. The molecule has 3 nitrogen and oxygen atoms in total. The van der Waals surface area contributed by atoms with Crippen LogP contribution in [0.4, 0.5) is 0 Å². The van der Waals surface area contributed by atoms with Gasteiger partial charge in [-0.15, -0.1) is 0 Å². The molecule has 9 rings (SSSR count). The molecule has 3 heterocycles. The van der Waals surface area contributed by atoms with Gasteiger partial charge in [-0.05, 0) is 47.5 Å². The van der Waals surface area contributed by atoms with E-state index in [9.17, 15) is 0 Å². The van der Waals surface area contributed by atoms with E-state index < -0.39 is 0 Å². The molecule has 0 saturated carbocycles. The van der Waals surface area contributed by atoms with Crippen molar-refractivity contribution < 1.29 is 0 Å². The maximum absolute atomic E-state index is 5.32. The Morgan fingerprint density at radius 1 is 0.405 bits per heavy atom. The predicted octanol–water partition coefficient (Wildman–Crippen LogP) is 10.1. The minimum atomic E-state index is 0.913. The average Bonchev–Trinajstić information content (AvgIpc) is 3.58. The maximum Gasteiger partial charge on any atom is 0.139 e. The zero-order valence-corrected chi connectivity index (χ0v) is 22.8. The SMILES string of the molecule is c1ccc(-c2cc(-n3c4ccccc4c4ccc5c6ccccc6n(-c6ccccc6)c5c43)nc3ccccc23)cc1. The van der Waals surface area contributed by atoms with Crippen LogP contribution in [0.5, 0.6) is 0 Å². The minimum Gasteiger partial charge on any atom is -0.307 e. The summed E-state index contributed by atoms with van der Waals surface area (Å²) in [6.45, 7) is 0. The van der Waals surface area contributed by atoms with Crippen molar-refractivity contribution in [2.24, 2.45) is 0 Å². The second-order valence-corrected chi connectivity index (χ2v) is 10.8. The van der Waals surface area contributed by atoms with Gasteiger partial charge < -0.3 is 4.57 Å². The molecule has 0 amide bonds. The van der Waals surface area contributed by atoms with E-state index in [-0.39, 0.29) is 0 Å². The molecule has 0 aliphatic rings. The first kappa shape index (κ1) is 23.1. The van der Waals surface area contributed by atoms with Crippen molar-refractivity contribution in [2.45, 2.75) is 0 Å². The number of rotatable bonds is 3. The lowest BCUT2D eigenvalue weighted by atomic mass is 10.0. The summed E-state index contributed by atoms with van der Waals surface area (Å²) in [4.78, 5) is 5.32. The van der Waals surface area contributed by atoms with E-state index in [2.05, 4.69) is 161 Å². The van der Waals surface area contributed by atoms with Crippen molar-refractivity contribution >= 4 is 54.5 Å². The number of nitrogens with zero attached hydrogens (tertiary/aromatic N) is 3. The Bertz CT molecular complexity index is 2450. The van der Waals surface area contributed by atoms with Gasteiger partial charge in [0, 0.05) is 32.6 Å². The molecule has 0 aliphatic heterocycles. The highest BCUT2D eigenvalue weighted by Crippen LogP contribution is 2.42. The van der Waals surface area contributed by atoms with Gasteiger partial charge in [0.1, 0.15) is 5.82 Å². The van der Waals surface area contributed by atoms with Gasteiger partial charge in [0.05, 0.1) is 27.6 Å². The van der Waals surface area contributed by atoms with Crippen LogP contribution in [0, 0.1) is 0 Å². The summed E-state index contributed by atoms with van der Waals surface area (Å²) in [6.07, 6.45) is 0. The topological polar surface area (TPSA) is 22.8 Å². The van der Waals surface area contributed by atoms with Gasteiger partial charge >= 0.3 is 0 Å². The lowest BCUT2D eigenvalue weighted by Crippen LogP contribution is -2.01. The molecule has 0 N–H and O–H groups in total. The Morgan fingerprint density at radius 2 is 0.929 bits per heavy atom. The molecule has 0 atom stereocenters. The third kappa shape index (κ3) is 3.25. The van der Waals surface area contributed by atoms with E-state index in [1.807, 2.05) is 0 Å². The van der Waals surface area contributed by atoms with Crippen molar-refractivity contribution in [2.75, 3.05) is 0 Å². The summed E-state index contributed by atoms with van der Waals surface area (Å²) in [7, 11) is 0. The maximum atomic E-state index is 5.32. The molecule has 0 fully saturated rings. The smallest absolute Gasteiger partial charge is 0.139 e. The standard InChI is InChI=1S/C39H25N3/c1-3-13-26(14-4-1)33-25-37(40-34-20-10-7-17-28(33)34)42-36-22-12-9-19-30(36)32-24-23-31-29-18-8-11-21-35(29)41(38(31)39(32)42)27-15-5-2-6-16-27/h1-25H. The Labute approximate surface area is 242 Å². The summed E-state index contributed by atoms with van der Waals surface area (Å²) < 4.78 is 4.80. The first-order valence-corrected chi connectivity index (χ1v) is 14.3. The van der Waals surface area contributed by atoms with E-state index in [4.69, 9.17) is 4.98 Å². The van der Waals surface area contributed by atoms with E-state index in [0.29, 0.717) is 0 Å². The lowest BCUT2D eigenvalue weighted by molar-refractivity contribution is 1.10. The van der Waals surface area contributed by atoms with Gasteiger partial charge in [-0.25, -0.2) is 4.98 Å². The summed E-state index contributed by atoms with van der Waals surface area (Å²) >= 11 is 0. The van der Waals surface area contributed by atoms with Crippen LogP contribution >= 0.6 is 0 Å². The molecule has 0 unspecified atom stereocenters. The molecule has 6 aromatic carbocycles. The number of hydrogen-bond acceptors (Lipinski definition) is 1. The van der Waals surface area contributed by atoms with Crippen molar-refractivity contribution in [3.8, 4) is 22.6 Å². The fourth-order valence-electron chi connectivity index (χ4n) is 6.72. The van der Waals surface area contributed by atoms with Crippen LogP contribution in [-0.2, 0) is 0 Å². The van der Waals surface area contributed by atoms with E-state index in [1.54, 1.807) is 0 Å². The number of benzene rings is 6. The number of fused-ring (bicyclic) bond motifs is 8. The quantitative estimate of drug-likeness (QED) is 0.221. The zero-order chi connectivity index (χ0) is 27.6. The number of pyridine rings is 1. The first-order chi connectivity index (χ1) is 20.9. The normalized spacial score (nSPS) is 11.8. The fraction of sp³-hybridized carbons (Fsp3) is 0. The van der Waals surface area contributed by atoms with Gasteiger partial charge in [0.25, 0.3) is 0 Å². The summed E-state index contributed by atoms with van der Waals surface area (Å²) in [5, 5.41) is 6.06. The Hall–Kier alpha value is -5.67. The Kier molecular flexibility index (Phi) is 4.90. The lowest BCUT2D eigenvalue weighted by Gasteiger charge is -2.14. The van der Waals surface area contributed by atoms with Crippen LogP contribution in [-0.4, -0.2) is 14.1 Å². The van der Waals surface area contributed by atoms with E-state index >= 15 is 0 Å². The first-order valence-electron chi connectivity index (χ1n) is 14.3. The van der Waals surface area contributed by atoms with Crippen LogP contribution < -0.4 is 0 Å². The second kappa shape index (κ2) is 8.92. The van der Waals surface area contributed by atoms with Crippen LogP contribution in [0.2, 0.25) is 0 Å². The molecule has 0 aliphatic carbocycles. The number of hydrogen-bond donors (Lipinski definition) is 0. The molecule has 9 aromatic rings. The van der Waals surface area contributed by atoms with Crippen molar-refractivity contribution in [3.05, 3.63) is 152 Å². The van der Waals surface area contributed by atoms with E-state index in [0.717, 1.165) is 33.4 Å². The summed E-state index contributed by atoms with van der Waals surface area (Å²) in [5.74, 6) is 0.913. The summed E-state index contributed by atoms with van der Waals surface area (Å²) in [6, 6.07) is 54.1. The van der Waals surface area contributed by atoms with Crippen LogP contribution in [0.15, 0.2) is 152 Å². The average molecular weight is 536 g/mol. The Balaban J connectivity index is 1.51. The second-order valence-electron chi connectivity index (χ2n) is 10.8. The molecule has 3 heteroatoms. The zero-order valence-electron chi connectivity index (χ0n) is 22.8. The highest BCUT2D eigenvalue weighted by atomic mass is 15.1. The molecule has 42 heavy (non-hydrogen) atoms. The summed E-state index contributed by atoms with van der Waals surface area (Å²) in [5.41, 5.74) is 9.17. The monoisotopic (exact) mass is 535 g/mol. The third-order valence-electron chi connectivity index (χ3n) is 8.50. The molecule has 0 spiro atoms. The fourth-order valence-corrected chi connectivity index (χ4v) is 6.72. The van der Waals surface area contributed by atoms with Gasteiger partial charge in [-0.2, -0.15) is 0 Å². The molecule has 3 aromatic heterocycles. The highest BCUT2D eigenvalue weighted by Gasteiger charge is 2.22. The van der Waals surface area contributed by atoms with Crippen molar-refractivity contribution in [1.82, 2.24) is 14.1 Å². The number of para-hydroxylation sites is 4. The molecular weight excluding hydrogens is 510 g/mol. The van der Waals surface area contributed by atoms with E-state index in [1.165, 1.54) is 43.7 Å². The van der Waals surface area contributed by atoms with Gasteiger partial charge in [-0.3, -0.25) is 4.57 Å². The molecule has 0 saturated heterocycles. The largest absolute Gasteiger partial charge is 0.307 e.